The molecular weight excluding hydrogens is 116 g/mol. The Balaban J connectivity index is 2.16. The smallest absolute Gasteiger partial charge is 0.372 e. The van der Waals surface area contributed by atoms with Gasteiger partial charge in [-0.2, -0.15) is 0 Å². The van der Waals surface area contributed by atoms with Gasteiger partial charge in [0.1, 0.15) is 0 Å². The summed E-state index contributed by atoms with van der Waals surface area (Å²) in [5.41, 5.74) is 0. The molecule has 0 aliphatic carbocycles. The highest BCUT2D eigenvalue weighted by molar-refractivity contribution is 6.84. The zero-order valence-electron chi connectivity index (χ0n) is 3.09. The third-order valence-corrected chi connectivity index (χ3v) is 4.51. The maximum absolute atomic E-state index is 9.62. The molecule has 0 amide bonds. The van der Waals surface area contributed by atoms with Crippen molar-refractivity contribution >= 4 is 25.2 Å². The lowest BCUT2D eigenvalue weighted by Gasteiger charge is -2.19. The van der Waals surface area contributed by atoms with Gasteiger partial charge in [-0.1, -0.05) is 0 Å². The third-order valence-electron chi connectivity index (χ3n) is 0.576. The fourth-order valence-electron chi connectivity index (χ4n) is 0.225. The van der Waals surface area contributed by atoms with E-state index in [-0.39, 0.29) is 0 Å². The van der Waals surface area contributed by atoms with E-state index in [9.17, 15) is 4.79 Å². The van der Waals surface area contributed by atoms with E-state index < -0.39 is 19.3 Å². The normalized spacial score (nSPS) is 35.7. The summed E-state index contributed by atoms with van der Waals surface area (Å²) in [7, 11) is -2.22. The highest BCUT2D eigenvalue weighted by Crippen LogP contribution is 1.92. The Bertz CT molecular complexity index is 59.8. The molecule has 0 saturated carbocycles. The SMILES string of the molecule is O=C[SiH]1O[SiH2]O1. The number of hydrogen-bond acceptors (Lipinski definition) is 3. The summed E-state index contributed by atoms with van der Waals surface area (Å²) < 4.78 is 9.53. The second kappa shape index (κ2) is 1.65. The van der Waals surface area contributed by atoms with Crippen molar-refractivity contribution in [2.45, 2.75) is 0 Å². The van der Waals surface area contributed by atoms with Gasteiger partial charge in [-0.3, -0.25) is 0 Å². The molecule has 3 nitrogen and oxygen atoms in total. The van der Waals surface area contributed by atoms with Crippen LogP contribution in [0.4, 0.5) is 0 Å². The van der Waals surface area contributed by atoms with E-state index in [4.69, 9.17) is 8.23 Å². The summed E-state index contributed by atoms with van der Waals surface area (Å²) in [5, 5.41) is 0. The summed E-state index contributed by atoms with van der Waals surface area (Å²) in [6.45, 7) is 0. The quantitative estimate of drug-likeness (QED) is 0.297. The van der Waals surface area contributed by atoms with Crippen molar-refractivity contribution in [1.29, 1.82) is 0 Å². The highest BCUT2D eigenvalue weighted by Gasteiger charge is 2.20. The van der Waals surface area contributed by atoms with Crippen LogP contribution in [0.5, 0.6) is 0 Å². The molecule has 0 bridgehead atoms. The maximum Gasteiger partial charge on any atom is 0.372 e. The molecule has 0 atom stereocenters. The molecule has 1 aliphatic heterocycles. The Morgan fingerprint density at radius 3 is 2.33 bits per heavy atom. The van der Waals surface area contributed by atoms with Crippen LogP contribution in [0.3, 0.4) is 0 Å². The lowest BCUT2D eigenvalue weighted by molar-refractivity contribution is 0.327. The average molecular weight is 120 g/mol. The van der Waals surface area contributed by atoms with Gasteiger partial charge in [0.2, 0.25) is 0 Å². The van der Waals surface area contributed by atoms with E-state index in [1.54, 1.807) is 0 Å². The van der Waals surface area contributed by atoms with Crippen molar-refractivity contribution in [3.63, 3.8) is 0 Å². The molecule has 1 fully saturated rings. The van der Waals surface area contributed by atoms with Crippen molar-refractivity contribution < 1.29 is 13.0 Å². The number of rotatable bonds is 1. The monoisotopic (exact) mass is 120 g/mol. The predicted molar refractivity (Wildman–Crippen MR) is 24.6 cm³/mol. The first kappa shape index (κ1) is 4.19. The third kappa shape index (κ3) is 0.571. The fraction of sp³-hybridized carbons (Fsp3) is 0. The van der Waals surface area contributed by atoms with Crippen LogP contribution in [0.2, 0.25) is 0 Å². The molecule has 6 heavy (non-hydrogen) atoms. The van der Waals surface area contributed by atoms with Gasteiger partial charge < -0.3 is 13.0 Å². The fourth-order valence-corrected chi connectivity index (χ4v) is 2.03. The lowest BCUT2D eigenvalue weighted by atomic mass is 11.8. The van der Waals surface area contributed by atoms with Crippen molar-refractivity contribution in [3.8, 4) is 0 Å². The lowest BCUT2D eigenvalue weighted by Crippen LogP contribution is -2.40. The molecular formula is CH4O3Si2. The Kier molecular flexibility index (Phi) is 1.15. The first-order valence-corrected chi connectivity index (χ1v) is 4.38. The molecule has 0 aromatic rings. The molecule has 1 saturated heterocycles. The van der Waals surface area contributed by atoms with Gasteiger partial charge in [-0.25, -0.2) is 0 Å². The molecule has 0 spiro atoms. The van der Waals surface area contributed by atoms with Gasteiger partial charge in [0.05, 0.1) is 0 Å². The first-order chi connectivity index (χ1) is 2.93. The van der Waals surface area contributed by atoms with Crippen LogP contribution in [-0.4, -0.2) is 25.2 Å². The minimum atomic E-state index is -1.60. The molecule has 34 valence electrons. The average Bonchev–Trinajstić information content (AvgIpc) is 1.31. The zero-order valence-corrected chi connectivity index (χ0v) is 5.66. The maximum atomic E-state index is 9.62. The summed E-state index contributed by atoms with van der Waals surface area (Å²) in [4.78, 5) is 9.62. The standard InChI is InChI=1S/CH4O3Si2/c2-1-6-3-5-4-6/h1,6H,5H2. The summed E-state index contributed by atoms with van der Waals surface area (Å²) >= 11 is 0. The van der Waals surface area contributed by atoms with Crippen molar-refractivity contribution in [1.82, 2.24) is 0 Å². The zero-order chi connectivity index (χ0) is 4.41. The number of carbonyl (C=O) groups excluding carboxylic acids is 1. The van der Waals surface area contributed by atoms with Crippen molar-refractivity contribution in [2.75, 3.05) is 0 Å². The van der Waals surface area contributed by atoms with Crippen LogP contribution in [0.1, 0.15) is 0 Å². The van der Waals surface area contributed by atoms with Crippen LogP contribution in [-0.2, 0) is 13.0 Å². The van der Waals surface area contributed by atoms with Gasteiger partial charge >= 0.3 is 9.28 Å². The van der Waals surface area contributed by atoms with E-state index in [0.717, 1.165) is 5.91 Å². The molecule has 1 aliphatic rings. The van der Waals surface area contributed by atoms with E-state index >= 15 is 0 Å². The minimum Gasteiger partial charge on any atom is -0.418 e. The van der Waals surface area contributed by atoms with Crippen molar-refractivity contribution in [3.05, 3.63) is 0 Å². The molecule has 5 heteroatoms. The summed E-state index contributed by atoms with van der Waals surface area (Å²) in [6, 6.07) is 0. The highest BCUT2D eigenvalue weighted by atomic mass is 28.4. The van der Waals surface area contributed by atoms with E-state index in [1.807, 2.05) is 0 Å². The van der Waals surface area contributed by atoms with Crippen molar-refractivity contribution in [2.24, 2.45) is 0 Å². The molecule has 1 heterocycles. The van der Waals surface area contributed by atoms with Crippen LogP contribution < -0.4 is 0 Å². The van der Waals surface area contributed by atoms with Crippen LogP contribution in [0.15, 0.2) is 0 Å². The first-order valence-electron chi connectivity index (χ1n) is 1.62. The number of hydrogen-bond donors (Lipinski definition) is 0. The van der Waals surface area contributed by atoms with Gasteiger partial charge in [-0.15, -0.1) is 0 Å². The molecule has 0 N–H and O–H groups in total. The van der Waals surface area contributed by atoms with E-state index in [2.05, 4.69) is 0 Å². The largest absolute Gasteiger partial charge is 0.418 e. The Morgan fingerprint density at radius 2 is 2.33 bits per heavy atom. The van der Waals surface area contributed by atoms with Crippen LogP contribution in [0, 0.1) is 0 Å². The molecule has 1 rings (SSSR count). The number of carbonyl (C=O) groups is 1. The topological polar surface area (TPSA) is 35.5 Å². The molecule has 0 unspecified atom stereocenters. The minimum absolute atomic E-state index is 0.623. The predicted octanol–water partition coefficient (Wildman–Crippen LogP) is -1.98. The van der Waals surface area contributed by atoms with Gasteiger partial charge in [0.25, 0.3) is 10.0 Å². The summed E-state index contributed by atoms with van der Waals surface area (Å²) in [6.07, 6.45) is 0. The Labute approximate surface area is 39.2 Å². The molecule has 0 aromatic heterocycles. The molecule has 0 aromatic carbocycles. The van der Waals surface area contributed by atoms with Crippen LogP contribution in [0.25, 0.3) is 0 Å². The van der Waals surface area contributed by atoms with Gasteiger partial charge in [0, 0.05) is 0 Å². The van der Waals surface area contributed by atoms with Gasteiger partial charge in [-0.05, 0) is 0 Å². The Morgan fingerprint density at radius 1 is 1.67 bits per heavy atom. The second-order valence-electron chi connectivity index (χ2n) is 0.956. The van der Waals surface area contributed by atoms with Crippen LogP contribution >= 0.6 is 0 Å². The van der Waals surface area contributed by atoms with E-state index in [1.165, 1.54) is 0 Å². The molecule has 0 radical (unpaired) electrons. The summed E-state index contributed by atoms with van der Waals surface area (Å²) in [5.74, 6) is 0.788. The Hall–Kier alpha value is 0.0238. The van der Waals surface area contributed by atoms with E-state index in [0.29, 0.717) is 0 Å². The van der Waals surface area contributed by atoms with Gasteiger partial charge in [0.15, 0.2) is 5.91 Å². The second-order valence-corrected chi connectivity index (χ2v) is 4.87.